The zero-order chi connectivity index (χ0) is 14.7. The number of amides is 1. The first-order valence-corrected chi connectivity index (χ1v) is 6.54. The van der Waals surface area contributed by atoms with Crippen molar-refractivity contribution in [2.24, 2.45) is 0 Å². The lowest BCUT2D eigenvalue weighted by molar-refractivity contribution is -0.122. The van der Waals surface area contributed by atoms with Gasteiger partial charge in [0.1, 0.15) is 18.2 Å². The van der Waals surface area contributed by atoms with Crippen molar-refractivity contribution in [3.63, 3.8) is 0 Å². The van der Waals surface area contributed by atoms with Crippen molar-refractivity contribution < 1.29 is 4.79 Å². The molecule has 0 saturated heterocycles. The second-order valence-electron chi connectivity index (χ2n) is 5.03. The third kappa shape index (κ3) is 3.14. The smallest absolute Gasteiger partial charge is 0.242 e. The maximum atomic E-state index is 11.9. The number of anilines is 2. The van der Waals surface area contributed by atoms with Crippen LogP contribution < -0.4 is 16.4 Å². The van der Waals surface area contributed by atoms with Crippen molar-refractivity contribution in [3.8, 4) is 0 Å². The molecule has 6 nitrogen and oxygen atoms in total. The van der Waals surface area contributed by atoms with E-state index in [9.17, 15) is 4.79 Å². The molecule has 0 spiro atoms. The number of carbonyl (C=O) groups excluding carboxylic acids is 1. The van der Waals surface area contributed by atoms with Crippen LogP contribution in [0.2, 0.25) is 0 Å². The molecule has 0 aliphatic rings. The third-order valence-electron chi connectivity index (χ3n) is 2.84. The van der Waals surface area contributed by atoms with E-state index >= 15 is 0 Å². The van der Waals surface area contributed by atoms with Crippen LogP contribution in [0.1, 0.15) is 20.8 Å². The molecule has 106 valence electrons. The quantitative estimate of drug-likeness (QED) is 0.735. The predicted molar refractivity (Wildman–Crippen MR) is 80.3 cm³/mol. The van der Waals surface area contributed by atoms with Crippen molar-refractivity contribution in [3.05, 3.63) is 24.5 Å². The zero-order valence-corrected chi connectivity index (χ0v) is 11.8. The maximum Gasteiger partial charge on any atom is 0.242 e. The molecule has 0 radical (unpaired) electrons. The number of nitrogens with one attached hydrogen (secondary N) is 2. The standard InChI is InChI=1S/C14H19N5O/c1-8(2)18-14(20)9(3)19-13-11-6-10(15)4-5-12(11)16-7-17-13/h4-9H,15H2,1-3H3,(H,18,20)(H,16,17,19). The summed E-state index contributed by atoms with van der Waals surface area (Å²) >= 11 is 0. The Morgan fingerprint density at radius 2 is 2.00 bits per heavy atom. The molecular weight excluding hydrogens is 254 g/mol. The van der Waals surface area contributed by atoms with E-state index in [-0.39, 0.29) is 11.9 Å². The van der Waals surface area contributed by atoms with Gasteiger partial charge >= 0.3 is 0 Å². The van der Waals surface area contributed by atoms with Crippen molar-refractivity contribution >= 4 is 28.3 Å². The molecule has 1 atom stereocenters. The van der Waals surface area contributed by atoms with Crippen LogP contribution in [-0.2, 0) is 4.79 Å². The van der Waals surface area contributed by atoms with Gasteiger partial charge in [-0.1, -0.05) is 0 Å². The highest BCUT2D eigenvalue weighted by atomic mass is 16.2. The molecule has 1 unspecified atom stereocenters. The van der Waals surface area contributed by atoms with E-state index in [0.717, 1.165) is 10.9 Å². The number of carbonyl (C=O) groups is 1. The van der Waals surface area contributed by atoms with Crippen molar-refractivity contribution in [1.82, 2.24) is 15.3 Å². The molecule has 0 aliphatic heterocycles. The Hall–Kier alpha value is -2.37. The Morgan fingerprint density at radius 3 is 2.70 bits per heavy atom. The van der Waals surface area contributed by atoms with Crippen LogP contribution in [0.15, 0.2) is 24.5 Å². The molecule has 0 saturated carbocycles. The second-order valence-corrected chi connectivity index (χ2v) is 5.03. The maximum absolute atomic E-state index is 11.9. The summed E-state index contributed by atoms with van der Waals surface area (Å²) in [4.78, 5) is 20.3. The number of nitrogen functional groups attached to an aromatic ring is 1. The van der Waals surface area contributed by atoms with Crippen molar-refractivity contribution in [2.45, 2.75) is 32.9 Å². The topological polar surface area (TPSA) is 92.9 Å². The summed E-state index contributed by atoms with van der Waals surface area (Å²) in [6.07, 6.45) is 1.47. The fourth-order valence-corrected chi connectivity index (χ4v) is 1.87. The first-order chi connectivity index (χ1) is 9.47. The molecule has 4 N–H and O–H groups in total. The number of hydrogen-bond donors (Lipinski definition) is 3. The molecule has 1 aromatic carbocycles. The molecule has 1 heterocycles. The van der Waals surface area contributed by atoms with Gasteiger partial charge in [0.15, 0.2) is 0 Å². The number of nitrogens with two attached hydrogens (primary N) is 1. The Balaban J connectivity index is 2.25. The van der Waals surface area contributed by atoms with E-state index in [2.05, 4.69) is 20.6 Å². The van der Waals surface area contributed by atoms with E-state index < -0.39 is 6.04 Å². The minimum Gasteiger partial charge on any atom is -0.399 e. The van der Waals surface area contributed by atoms with Gasteiger partial charge in [0.05, 0.1) is 5.52 Å². The summed E-state index contributed by atoms with van der Waals surface area (Å²) in [6, 6.07) is 5.12. The molecule has 2 aromatic rings. The Morgan fingerprint density at radius 1 is 1.25 bits per heavy atom. The minimum atomic E-state index is -0.392. The number of nitrogens with zero attached hydrogens (tertiary/aromatic N) is 2. The number of rotatable bonds is 4. The first kappa shape index (κ1) is 14.0. The summed E-state index contributed by atoms with van der Waals surface area (Å²) in [7, 11) is 0. The lowest BCUT2D eigenvalue weighted by Crippen LogP contribution is -2.41. The highest BCUT2D eigenvalue weighted by Crippen LogP contribution is 2.22. The average Bonchev–Trinajstić information content (AvgIpc) is 2.38. The number of fused-ring (bicyclic) bond motifs is 1. The molecule has 1 amide bonds. The lowest BCUT2D eigenvalue weighted by Gasteiger charge is -2.17. The monoisotopic (exact) mass is 273 g/mol. The number of benzene rings is 1. The van der Waals surface area contributed by atoms with E-state index in [0.29, 0.717) is 11.5 Å². The van der Waals surface area contributed by atoms with Crippen LogP contribution >= 0.6 is 0 Å². The highest BCUT2D eigenvalue weighted by molar-refractivity contribution is 5.93. The van der Waals surface area contributed by atoms with Gasteiger partial charge in [-0.2, -0.15) is 0 Å². The molecule has 0 bridgehead atoms. The molecule has 0 aliphatic carbocycles. The van der Waals surface area contributed by atoms with Gasteiger partial charge in [-0.05, 0) is 39.0 Å². The van der Waals surface area contributed by atoms with Gasteiger partial charge < -0.3 is 16.4 Å². The van der Waals surface area contributed by atoms with Crippen molar-refractivity contribution in [2.75, 3.05) is 11.1 Å². The number of hydrogen-bond acceptors (Lipinski definition) is 5. The summed E-state index contributed by atoms with van der Waals surface area (Å²) in [5, 5.41) is 6.75. The summed E-state index contributed by atoms with van der Waals surface area (Å²) in [5.41, 5.74) is 7.21. The second kappa shape index (κ2) is 5.73. The third-order valence-corrected chi connectivity index (χ3v) is 2.84. The number of aromatic nitrogens is 2. The van der Waals surface area contributed by atoms with Crippen LogP contribution in [0, 0.1) is 0 Å². The van der Waals surface area contributed by atoms with Crippen molar-refractivity contribution in [1.29, 1.82) is 0 Å². The highest BCUT2D eigenvalue weighted by Gasteiger charge is 2.15. The van der Waals surface area contributed by atoms with Gasteiger partial charge in [0.2, 0.25) is 5.91 Å². The molecule has 20 heavy (non-hydrogen) atoms. The van der Waals surface area contributed by atoms with Crippen LogP contribution in [0.3, 0.4) is 0 Å². The average molecular weight is 273 g/mol. The Kier molecular flexibility index (Phi) is 4.02. The fraction of sp³-hybridized carbons (Fsp3) is 0.357. The molecular formula is C14H19N5O. The molecule has 2 rings (SSSR count). The van der Waals surface area contributed by atoms with Crippen LogP contribution in [-0.4, -0.2) is 28.0 Å². The summed E-state index contributed by atoms with van der Waals surface area (Å²) in [6.45, 7) is 5.63. The van der Waals surface area contributed by atoms with E-state index in [1.54, 1.807) is 19.1 Å². The molecule has 6 heteroatoms. The molecule has 0 fully saturated rings. The summed E-state index contributed by atoms with van der Waals surface area (Å²) in [5.74, 6) is 0.532. The van der Waals surface area contributed by atoms with E-state index in [1.807, 2.05) is 19.9 Å². The minimum absolute atomic E-state index is 0.0735. The van der Waals surface area contributed by atoms with E-state index in [1.165, 1.54) is 6.33 Å². The Bertz CT molecular complexity index is 626. The molecule has 1 aromatic heterocycles. The van der Waals surface area contributed by atoms with Gasteiger partial charge in [-0.15, -0.1) is 0 Å². The predicted octanol–water partition coefficient (Wildman–Crippen LogP) is 1.54. The largest absolute Gasteiger partial charge is 0.399 e. The van der Waals surface area contributed by atoms with Gasteiger partial charge in [0, 0.05) is 17.1 Å². The van der Waals surface area contributed by atoms with Gasteiger partial charge in [0.25, 0.3) is 0 Å². The lowest BCUT2D eigenvalue weighted by atomic mass is 10.2. The van der Waals surface area contributed by atoms with Gasteiger partial charge in [-0.3, -0.25) is 4.79 Å². The first-order valence-electron chi connectivity index (χ1n) is 6.54. The van der Waals surface area contributed by atoms with Crippen LogP contribution in [0.5, 0.6) is 0 Å². The normalized spacial score (nSPS) is 12.4. The van der Waals surface area contributed by atoms with E-state index in [4.69, 9.17) is 5.73 Å². The zero-order valence-electron chi connectivity index (χ0n) is 11.8. The fourth-order valence-electron chi connectivity index (χ4n) is 1.87. The van der Waals surface area contributed by atoms with Gasteiger partial charge in [-0.25, -0.2) is 9.97 Å². The van der Waals surface area contributed by atoms with Crippen LogP contribution in [0.25, 0.3) is 10.9 Å². The SMILES string of the molecule is CC(C)NC(=O)C(C)Nc1ncnc2ccc(N)cc12. The summed E-state index contributed by atoms with van der Waals surface area (Å²) < 4.78 is 0. The van der Waals surface area contributed by atoms with Crippen LogP contribution in [0.4, 0.5) is 11.5 Å². The Labute approximate surface area is 117 Å².